The molecule has 0 amide bonds. The number of benzene rings is 3. The molecule has 0 aliphatic heterocycles. The standard InChI is InChI=1S/3C9H12S.Sn/c3*1-6-4-7(2)9(10)8(3)5-6;/h3*4-5,10H,1-3H3;/q;;;+3/p-3. The van der Waals surface area contributed by atoms with E-state index in [2.05, 4.69) is 126 Å². The number of hydrogen-bond donors (Lipinski definition) is 0. The Hall–Kier alpha value is -0.491. The Morgan fingerprint density at radius 2 is 0.581 bits per heavy atom. The molecule has 0 saturated heterocycles. The van der Waals surface area contributed by atoms with Gasteiger partial charge >= 0.3 is 206 Å². The van der Waals surface area contributed by atoms with Crippen molar-refractivity contribution in [3.8, 4) is 0 Å². The van der Waals surface area contributed by atoms with Gasteiger partial charge in [0.05, 0.1) is 0 Å². The molecule has 3 aromatic rings. The molecule has 31 heavy (non-hydrogen) atoms. The molecule has 3 rings (SSSR count). The Morgan fingerprint density at radius 3 is 0.774 bits per heavy atom. The van der Waals surface area contributed by atoms with Crippen molar-refractivity contribution in [2.24, 2.45) is 0 Å². The molecule has 0 spiro atoms. The molecule has 0 atom stereocenters. The van der Waals surface area contributed by atoms with Gasteiger partial charge in [-0.15, -0.1) is 0 Å². The number of aryl methyl sites for hydroxylation is 9. The summed E-state index contributed by atoms with van der Waals surface area (Å²) >= 11 is -2.09. The van der Waals surface area contributed by atoms with Crippen LogP contribution in [-0.2, 0) is 0 Å². The van der Waals surface area contributed by atoms with Gasteiger partial charge in [-0.1, -0.05) is 0 Å². The van der Waals surface area contributed by atoms with Crippen LogP contribution >= 0.6 is 26.8 Å². The van der Waals surface area contributed by atoms with Crippen molar-refractivity contribution in [3.05, 3.63) is 86.5 Å². The summed E-state index contributed by atoms with van der Waals surface area (Å²) in [5.41, 5.74) is 12.6. The monoisotopic (exact) mass is 573 g/mol. The van der Waals surface area contributed by atoms with Crippen molar-refractivity contribution >= 4 is 42.4 Å². The predicted molar refractivity (Wildman–Crippen MR) is 145 cm³/mol. The first-order chi connectivity index (χ1) is 14.5. The summed E-state index contributed by atoms with van der Waals surface area (Å²) in [6.07, 6.45) is 0. The van der Waals surface area contributed by atoms with Gasteiger partial charge in [0.1, 0.15) is 0 Å². The SMILES string of the molecule is Cc1cc(C)c([S][Sn]([S]c2c(C)cc(C)cc2C)[S]c2c(C)cc(C)cc2C)c(C)c1. The fraction of sp³-hybridized carbons (Fsp3) is 0.333. The van der Waals surface area contributed by atoms with Crippen molar-refractivity contribution in [1.82, 2.24) is 0 Å². The van der Waals surface area contributed by atoms with Crippen LogP contribution in [0.3, 0.4) is 0 Å². The zero-order chi connectivity index (χ0) is 22.9. The molecule has 0 aliphatic rings. The summed E-state index contributed by atoms with van der Waals surface area (Å²) in [5, 5.41) is 0. The van der Waals surface area contributed by atoms with E-state index in [4.69, 9.17) is 0 Å². The second-order valence-electron chi connectivity index (χ2n) is 8.74. The molecule has 0 unspecified atom stereocenters. The first-order valence-corrected chi connectivity index (χ1v) is 23.6. The van der Waals surface area contributed by atoms with E-state index in [0.717, 1.165) is 0 Å². The van der Waals surface area contributed by atoms with Gasteiger partial charge in [0, 0.05) is 0 Å². The second-order valence-corrected chi connectivity index (χ2v) is 30.7. The zero-order valence-electron chi connectivity index (χ0n) is 20.2. The van der Waals surface area contributed by atoms with E-state index in [9.17, 15) is 0 Å². The van der Waals surface area contributed by atoms with E-state index < -0.39 is 15.6 Å². The third-order valence-electron chi connectivity index (χ3n) is 5.37. The molecule has 4 heteroatoms. The first kappa shape index (κ1) is 25.1. The molecule has 0 aromatic heterocycles. The van der Waals surface area contributed by atoms with E-state index in [1.807, 2.05) is 0 Å². The number of hydrogen-bond acceptors (Lipinski definition) is 3. The molecule has 3 aromatic carbocycles. The maximum atomic E-state index is 2.34. The minimum atomic E-state index is -2.09. The molecule has 0 aliphatic carbocycles. The summed E-state index contributed by atoms with van der Waals surface area (Å²) in [7, 11) is 6.62. The Balaban J connectivity index is 2.02. The van der Waals surface area contributed by atoms with E-state index in [-0.39, 0.29) is 0 Å². The Morgan fingerprint density at radius 1 is 0.387 bits per heavy atom. The number of rotatable bonds is 6. The van der Waals surface area contributed by atoms with Gasteiger partial charge < -0.3 is 0 Å². The van der Waals surface area contributed by atoms with Crippen molar-refractivity contribution < 1.29 is 0 Å². The molecule has 0 nitrogen and oxygen atoms in total. The van der Waals surface area contributed by atoms with Crippen LogP contribution < -0.4 is 0 Å². The molecular formula is C27H33S3Sn. The predicted octanol–water partition coefficient (Wildman–Crippen LogP) is 9.12. The topological polar surface area (TPSA) is 0 Å². The average molecular weight is 572 g/mol. The first-order valence-electron chi connectivity index (χ1n) is 10.7. The third kappa shape index (κ3) is 6.31. The van der Waals surface area contributed by atoms with Crippen molar-refractivity contribution in [1.29, 1.82) is 0 Å². The quantitative estimate of drug-likeness (QED) is 0.271. The molecule has 0 saturated carbocycles. The Bertz CT molecular complexity index is 907. The minimum absolute atomic E-state index is 1.36. The van der Waals surface area contributed by atoms with Crippen molar-refractivity contribution in [2.75, 3.05) is 0 Å². The van der Waals surface area contributed by atoms with Gasteiger partial charge in [0.25, 0.3) is 0 Å². The molecule has 0 N–H and O–H groups in total. The summed E-state index contributed by atoms with van der Waals surface area (Å²) in [6.45, 7) is 20.3. The zero-order valence-corrected chi connectivity index (χ0v) is 25.5. The Kier molecular flexibility index (Phi) is 8.62. The molecule has 0 bridgehead atoms. The average Bonchev–Trinajstić information content (AvgIpc) is 2.63. The summed E-state index contributed by atoms with van der Waals surface area (Å²) in [6, 6.07) is 14.1. The normalized spacial score (nSPS) is 11.4. The van der Waals surface area contributed by atoms with Gasteiger partial charge in [-0.25, -0.2) is 0 Å². The molecule has 163 valence electrons. The molecular weight excluding hydrogens is 539 g/mol. The molecule has 1 radical (unpaired) electrons. The van der Waals surface area contributed by atoms with Crippen LogP contribution in [0.4, 0.5) is 0 Å². The van der Waals surface area contributed by atoms with E-state index in [1.165, 1.54) is 64.8 Å². The summed E-state index contributed by atoms with van der Waals surface area (Å²) in [5.74, 6) is 0. The third-order valence-corrected chi connectivity index (χ3v) is 28.0. The van der Waals surface area contributed by atoms with Crippen LogP contribution in [0.25, 0.3) is 0 Å². The molecule has 0 heterocycles. The summed E-state index contributed by atoms with van der Waals surface area (Å²) in [4.78, 5) is 4.51. The van der Waals surface area contributed by atoms with Crippen LogP contribution in [-0.4, -0.2) is 15.6 Å². The van der Waals surface area contributed by atoms with Gasteiger partial charge in [0.15, 0.2) is 0 Å². The van der Waals surface area contributed by atoms with Crippen LogP contribution in [0.15, 0.2) is 51.1 Å². The fourth-order valence-electron chi connectivity index (χ4n) is 4.30. The van der Waals surface area contributed by atoms with Gasteiger partial charge in [-0.2, -0.15) is 0 Å². The fourth-order valence-corrected chi connectivity index (χ4v) is 32.4. The maximum absolute atomic E-state index is 2.34. The van der Waals surface area contributed by atoms with E-state index in [0.29, 0.717) is 0 Å². The molecule has 0 fully saturated rings. The van der Waals surface area contributed by atoms with Gasteiger partial charge in [-0.3, -0.25) is 0 Å². The van der Waals surface area contributed by atoms with Crippen molar-refractivity contribution in [2.45, 2.75) is 77.0 Å². The van der Waals surface area contributed by atoms with Gasteiger partial charge in [-0.05, 0) is 0 Å². The summed E-state index contributed by atoms with van der Waals surface area (Å²) < 4.78 is 0. The van der Waals surface area contributed by atoms with Crippen LogP contribution in [0.2, 0.25) is 0 Å². The van der Waals surface area contributed by atoms with Crippen LogP contribution in [0, 0.1) is 62.3 Å². The van der Waals surface area contributed by atoms with Crippen LogP contribution in [0.5, 0.6) is 0 Å². The second kappa shape index (κ2) is 10.6. The Labute approximate surface area is 204 Å². The van der Waals surface area contributed by atoms with Crippen molar-refractivity contribution in [3.63, 3.8) is 0 Å². The van der Waals surface area contributed by atoms with E-state index in [1.54, 1.807) is 0 Å². The van der Waals surface area contributed by atoms with E-state index >= 15 is 0 Å². The van der Waals surface area contributed by atoms with Crippen LogP contribution in [0.1, 0.15) is 50.1 Å². The van der Waals surface area contributed by atoms with Gasteiger partial charge in [0.2, 0.25) is 0 Å².